The van der Waals surface area contributed by atoms with Crippen molar-refractivity contribution >= 4 is 29.1 Å². The van der Waals surface area contributed by atoms with Gasteiger partial charge in [0.1, 0.15) is 0 Å². The molecule has 0 amide bonds. The molecule has 13 heavy (non-hydrogen) atoms. The lowest BCUT2D eigenvalue weighted by molar-refractivity contribution is 0.586. The van der Waals surface area contributed by atoms with Crippen molar-refractivity contribution in [2.45, 2.75) is 0 Å². The highest BCUT2D eigenvalue weighted by atomic mass is 79.9. The van der Waals surface area contributed by atoms with Gasteiger partial charge in [-0.3, -0.25) is 0 Å². The third-order valence-electron chi connectivity index (χ3n) is 1.44. The first-order valence-electron chi connectivity index (χ1n) is 3.66. The zero-order valence-corrected chi connectivity index (χ0v) is 8.31. The van der Waals surface area contributed by atoms with E-state index in [2.05, 4.69) is 21.0 Å². The van der Waals surface area contributed by atoms with Crippen molar-refractivity contribution in [3.05, 3.63) is 45.2 Å². The summed E-state index contributed by atoms with van der Waals surface area (Å²) in [5, 5.41) is 11.2. The van der Waals surface area contributed by atoms with E-state index in [4.69, 9.17) is 5.02 Å². The van der Waals surface area contributed by atoms with Crippen LogP contribution in [-0.2, 0) is 0 Å². The van der Waals surface area contributed by atoms with Gasteiger partial charge in [0.05, 0.1) is 0 Å². The predicted molar refractivity (Wildman–Crippen MR) is 56.9 cm³/mol. The molecule has 0 saturated heterocycles. The van der Waals surface area contributed by atoms with Crippen LogP contribution >= 0.6 is 15.9 Å². The van der Waals surface area contributed by atoms with Gasteiger partial charge in [0, 0.05) is 4.47 Å². The first-order chi connectivity index (χ1) is 6.22. The Balaban J connectivity index is 2.69. The van der Waals surface area contributed by atoms with E-state index in [0.29, 0.717) is 0 Å². The van der Waals surface area contributed by atoms with Gasteiger partial charge in [-0.2, -0.15) is 4.91 Å². The van der Waals surface area contributed by atoms with Gasteiger partial charge in [0.15, 0.2) is 0 Å². The SMILES string of the molecule is O=NB(O)/C=C/c1ccc(Br)cc1. The highest BCUT2D eigenvalue weighted by molar-refractivity contribution is 9.10. The lowest BCUT2D eigenvalue weighted by atomic mass is 9.85. The van der Waals surface area contributed by atoms with Crippen LogP contribution in [0.3, 0.4) is 0 Å². The molecule has 66 valence electrons. The fraction of sp³-hybridized carbons (Fsp3) is 0. The van der Waals surface area contributed by atoms with Crippen molar-refractivity contribution in [2.75, 3.05) is 0 Å². The summed E-state index contributed by atoms with van der Waals surface area (Å²) in [6.45, 7) is 0. The molecule has 0 aliphatic carbocycles. The lowest BCUT2D eigenvalue weighted by Gasteiger charge is -1.92. The van der Waals surface area contributed by atoms with Gasteiger partial charge in [-0.25, -0.2) is 0 Å². The Morgan fingerprint density at radius 2 is 2.00 bits per heavy atom. The maximum absolute atomic E-state index is 9.82. The van der Waals surface area contributed by atoms with Crippen molar-refractivity contribution in [2.24, 2.45) is 5.09 Å². The van der Waals surface area contributed by atoms with Crippen LogP contribution in [0.1, 0.15) is 5.56 Å². The Morgan fingerprint density at radius 3 is 2.54 bits per heavy atom. The lowest BCUT2D eigenvalue weighted by Crippen LogP contribution is -2.01. The summed E-state index contributed by atoms with van der Waals surface area (Å²) in [5.41, 5.74) is 0.908. The molecule has 0 radical (unpaired) electrons. The molecule has 0 fully saturated rings. The molecule has 0 atom stereocenters. The summed E-state index contributed by atoms with van der Waals surface area (Å²) in [5.74, 6) is 1.33. The Morgan fingerprint density at radius 1 is 1.38 bits per heavy atom. The van der Waals surface area contributed by atoms with E-state index in [0.717, 1.165) is 10.0 Å². The van der Waals surface area contributed by atoms with E-state index >= 15 is 0 Å². The fourth-order valence-corrected chi connectivity index (χ4v) is 1.07. The maximum Gasteiger partial charge on any atom is 0.510 e. The maximum atomic E-state index is 9.82. The van der Waals surface area contributed by atoms with Crippen LogP contribution < -0.4 is 0 Å². The average Bonchev–Trinajstić information content (AvgIpc) is 2.16. The van der Waals surface area contributed by atoms with E-state index < -0.39 is 7.05 Å². The number of hydrogen-bond donors (Lipinski definition) is 1. The topological polar surface area (TPSA) is 49.7 Å². The van der Waals surface area contributed by atoms with Crippen LogP contribution in [-0.4, -0.2) is 12.1 Å². The van der Waals surface area contributed by atoms with Crippen LogP contribution in [0, 0.1) is 4.91 Å². The molecule has 1 aromatic carbocycles. The Kier molecular flexibility index (Phi) is 3.86. The van der Waals surface area contributed by atoms with Gasteiger partial charge in [-0.15, -0.1) is 0 Å². The second-order valence-electron chi connectivity index (χ2n) is 2.43. The second kappa shape index (κ2) is 4.94. The normalized spacial score (nSPS) is 10.3. The van der Waals surface area contributed by atoms with Gasteiger partial charge in [0.2, 0.25) is 0 Å². The van der Waals surface area contributed by atoms with E-state index in [1.165, 1.54) is 5.98 Å². The standard InChI is InChI=1S/C8H7BBrNO2/c10-8-3-1-7(2-4-8)5-6-9(12)11-13/h1-6,12H/b6-5+. The molecule has 0 unspecified atom stereocenters. The Hall–Kier alpha value is -0.935. The highest BCUT2D eigenvalue weighted by Crippen LogP contribution is 2.11. The highest BCUT2D eigenvalue weighted by Gasteiger charge is 2.04. The van der Waals surface area contributed by atoms with Crippen LogP contribution in [0.4, 0.5) is 0 Å². The first kappa shape index (κ1) is 10.1. The van der Waals surface area contributed by atoms with Crippen LogP contribution in [0.15, 0.2) is 39.8 Å². The van der Waals surface area contributed by atoms with Crippen molar-refractivity contribution in [3.8, 4) is 0 Å². The van der Waals surface area contributed by atoms with Gasteiger partial charge in [0.25, 0.3) is 0 Å². The largest absolute Gasteiger partial charge is 0.510 e. The van der Waals surface area contributed by atoms with Gasteiger partial charge in [-0.1, -0.05) is 45.2 Å². The molecule has 1 N–H and O–H groups in total. The number of nitroso groups, excluding NO2 is 1. The van der Waals surface area contributed by atoms with E-state index in [-0.39, 0.29) is 0 Å². The minimum Gasteiger partial charge on any atom is -0.426 e. The van der Waals surface area contributed by atoms with Gasteiger partial charge < -0.3 is 5.02 Å². The molecule has 5 heteroatoms. The molecule has 0 spiro atoms. The summed E-state index contributed by atoms with van der Waals surface area (Å²) in [4.78, 5) is 9.82. The van der Waals surface area contributed by atoms with Crippen molar-refractivity contribution in [1.29, 1.82) is 0 Å². The Labute approximate surface area is 84.7 Å². The monoisotopic (exact) mass is 239 g/mol. The van der Waals surface area contributed by atoms with Gasteiger partial charge >= 0.3 is 7.05 Å². The molecular formula is C8H7BBrNO2. The molecule has 1 rings (SSSR count). The van der Waals surface area contributed by atoms with Crippen molar-refractivity contribution in [3.63, 3.8) is 0 Å². The first-order valence-corrected chi connectivity index (χ1v) is 4.46. The fourth-order valence-electron chi connectivity index (χ4n) is 0.806. The zero-order chi connectivity index (χ0) is 9.68. The van der Waals surface area contributed by atoms with Crippen LogP contribution in [0.25, 0.3) is 6.08 Å². The van der Waals surface area contributed by atoms with E-state index in [9.17, 15) is 4.91 Å². The van der Waals surface area contributed by atoms with E-state index in [1.807, 2.05) is 24.3 Å². The molecule has 1 aromatic rings. The number of hydrogen-bond acceptors (Lipinski definition) is 3. The molecule has 0 aromatic heterocycles. The smallest absolute Gasteiger partial charge is 0.426 e. The summed E-state index contributed by atoms with van der Waals surface area (Å²) in [7, 11) is -1.26. The predicted octanol–water partition coefficient (Wildman–Crippen LogP) is 2.25. The molecule has 0 aliphatic heterocycles. The number of benzene rings is 1. The molecule has 0 bridgehead atoms. The second-order valence-corrected chi connectivity index (χ2v) is 3.35. The number of nitrogens with zero attached hydrogens (tertiary/aromatic N) is 1. The molecule has 0 heterocycles. The Bertz CT molecular complexity index is 312. The third kappa shape index (κ3) is 3.52. The summed E-state index contributed by atoms with van der Waals surface area (Å²) >= 11 is 3.30. The van der Waals surface area contributed by atoms with Crippen molar-refractivity contribution in [1.82, 2.24) is 0 Å². The van der Waals surface area contributed by atoms with Gasteiger partial charge in [-0.05, 0) is 17.7 Å². The zero-order valence-electron chi connectivity index (χ0n) is 6.72. The number of rotatable bonds is 3. The third-order valence-corrected chi connectivity index (χ3v) is 1.97. The van der Waals surface area contributed by atoms with Crippen LogP contribution in [0.5, 0.6) is 0 Å². The minimum absolute atomic E-state index is 0.908. The molecular weight excluding hydrogens is 233 g/mol. The summed E-state index contributed by atoms with van der Waals surface area (Å²) in [6, 6.07) is 7.47. The molecule has 3 nitrogen and oxygen atoms in total. The summed E-state index contributed by atoms with van der Waals surface area (Å²) < 4.78 is 0.985. The molecule has 0 saturated carbocycles. The van der Waals surface area contributed by atoms with E-state index in [1.54, 1.807) is 6.08 Å². The quantitative estimate of drug-likeness (QED) is 0.650. The van der Waals surface area contributed by atoms with Crippen LogP contribution in [0.2, 0.25) is 0 Å². The van der Waals surface area contributed by atoms with Crippen molar-refractivity contribution < 1.29 is 5.02 Å². The molecule has 0 aliphatic rings. The summed E-state index contributed by atoms with van der Waals surface area (Å²) in [6.07, 6.45) is 1.64. The number of halogens is 1. The average molecular weight is 240 g/mol. The minimum atomic E-state index is -1.26.